The molecule has 0 aliphatic rings. The molecule has 0 heterocycles. The van der Waals surface area contributed by atoms with E-state index in [-0.39, 0.29) is 5.60 Å². The predicted molar refractivity (Wildman–Crippen MR) is 82.5 cm³/mol. The number of benzene rings is 1. The Balaban J connectivity index is 2.35. The highest BCUT2D eigenvalue weighted by Gasteiger charge is 2.14. The van der Waals surface area contributed by atoms with Gasteiger partial charge in [-0.2, -0.15) is 0 Å². The second-order valence-corrected chi connectivity index (χ2v) is 5.72. The van der Waals surface area contributed by atoms with Crippen molar-refractivity contribution in [2.75, 3.05) is 13.1 Å². The fourth-order valence-corrected chi connectivity index (χ4v) is 1.72. The van der Waals surface area contributed by atoms with Gasteiger partial charge in [0.05, 0.1) is 12.2 Å². The van der Waals surface area contributed by atoms with E-state index in [1.54, 1.807) is 0 Å². The predicted octanol–water partition coefficient (Wildman–Crippen LogP) is 3.93. The summed E-state index contributed by atoms with van der Waals surface area (Å²) in [7, 11) is 0. The van der Waals surface area contributed by atoms with Crippen molar-refractivity contribution in [3.8, 4) is 0 Å². The lowest BCUT2D eigenvalue weighted by Crippen LogP contribution is -2.22. The number of ether oxygens (including phenoxy) is 1. The Bertz CT molecular complexity index is 343. The minimum Gasteiger partial charge on any atom is -0.371 e. The molecule has 0 aromatic heterocycles. The minimum atomic E-state index is -0.0251. The average molecular weight is 263 g/mol. The summed E-state index contributed by atoms with van der Waals surface area (Å²) >= 11 is 0. The van der Waals surface area contributed by atoms with Crippen LogP contribution in [0.15, 0.2) is 24.3 Å². The van der Waals surface area contributed by atoms with Crippen LogP contribution in [0.4, 0.5) is 0 Å². The maximum atomic E-state index is 5.91. The first-order valence-electron chi connectivity index (χ1n) is 7.50. The fourth-order valence-electron chi connectivity index (χ4n) is 1.72. The molecule has 0 fully saturated rings. The molecule has 1 N–H and O–H groups in total. The zero-order chi connectivity index (χ0) is 14.1. The molecular formula is C17H29NO. The van der Waals surface area contributed by atoms with Crippen molar-refractivity contribution >= 4 is 0 Å². The summed E-state index contributed by atoms with van der Waals surface area (Å²) < 4.78 is 5.91. The van der Waals surface area contributed by atoms with Gasteiger partial charge in [0, 0.05) is 0 Å². The Morgan fingerprint density at radius 3 is 2.21 bits per heavy atom. The van der Waals surface area contributed by atoms with Crippen LogP contribution in [-0.4, -0.2) is 18.7 Å². The van der Waals surface area contributed by atoms with Crippen LogP contribution in [0.3, 0.4) is 0 Å². The maximum Gasteiger partial charge on any atom is 0.0724 e. The third-order valence-corrected chi connectivity index (χ3v) is 3.52. The molecule has 0 amide bonds. The Hall–Kier alpha value is -0.860. The van der Waals surface area contributed by atoms with Gasteiger partial charge in [0.2, 0.25) is 0 Å². The molecule has 0 bridgehead atoms. The van der Waals surface area contributed by atoms with Crippen molar-refractivity contribution < 1.29 is 4.74 Å². The zero-order valence-electron chi connectivity index (χ0n) is 13.0. The highest BCUT2D eigenvalue weighted by atomic mass is 16.5. The molecular weight excluding hydrogens is 234 g/mol. The van der Waals surface area contributed by atoms with E-state index in [2.05, 4.69) is 57.3 Å². The van der Waals surface area contributed by atoms with Crippen LogP contribution in [0, 0.1) is 0 Å². The van der Waals surface area contributed by atoms with E-state index in [1.165, 1.54) is 17.5 Å². The lowest BCUT2D eigenvalue weighted by atomic mass is 10.1. The van der Waals surface area contributed by atoms with Gasteiger partial charge < -0.3 is 10.1 Å². The van der Waals surface area contributed by atoms with E-state index in [4.69, 9.17) is 4.74 Å². The molecule has 0 saturated heterocycles. The van der Waals surface area contributed by atoms with Crippen molar-refractivity contribution in [3.05, 3.63) is 35.4 Å². The average Bonchev–Trinajstić information content (AvgIpc) is 2.43. The van der Waals surface area contributed by atoms with Crippen molar-refractivity contribution in [3.63, 3.8) is 0 Å². The summed E-state index contributed by atoms with van der Waals surface area (Å²) in [6.45, 7) is 11.5. The largest absolute Gasteiger partial charge is 0.371 e. The Morgan fingerprint density at radius 1 is 1.00 bits per heavy atom. The first kappa shape index (κ1) is 16.2. The normalized spacial score (nSPS) is 11.8. The summed E-state index contributed by atoms with van der Waals surface area (Å²) in [4.78, 5) is 0. The molecule has 108 valence electrons. The smallest absolute Gasteiger partial charge is 0.0724 e. The van der Waals surface area contributed by atoms with E-state index in [1.807, 2.05) is 0 Å². The second-order valence-electron chi connectivity index (χ2n) is 5.72. The van der Waals surface area contributed by atoms with Gasteiger partial charge in [-0.3, -0.25) is 0 Å². The molecule has 0 spiro atoms. The molecule has 0 saturated carbocycles. The monoisotopic (exact) mass is 263 g/mol. The summed E-state index contributed by atoms with van der Waals surface area (Å²) in [5, 5.41) is 3.43. The lowest BCUT2D eigenvalue weighted by Gasteiger charge is -2.23. The van der Waals surface area contributed by atoms with Gasteiger partial charge >= 0.3 is 0 Å². The zero-order valence-corrected chi connectivity index (χ0v) is 13.0. The first-order valence-corrected chi connectivity index (χ1v) is 7.50. The molecule has 1 aromatic carbocycles. The summed E-state index contributed by atoms with van der Waals surface area (Å²) in [5.41, 5.74) is 2.62. The minimum absolute atomic E-state index is 0.0251. The Labute approximate surface area is 118 Å². The van der Waals surface area contributed by atoms with E-state index in [0.29, 0.717) is 6.61 Å². The van der Waals surface area contributed by atoms with E-state index in [0.717, 1.165) is 25.9 Å². The topological polar surface area (TPSA) is 21.3 Å². The molecule has 0 aliphatic carbocycles. The van der Waals surface area contributed by atoms with Gasteiger partial charge in [-0.05, 0) is 57.3 Å². The van der Waals surface area contributed by atoms with Gasteiger partial charge in [0.25, 0.3) is 0 Å². The highest BCUT2D eigenvalue weighted by Crippen LogP contribution is 2.16. The van der Waals surface area contributed by atoms with Crippen molar-refractivity contribution in [1.82, 2.24) is 5.32 Å². The van der Waals surface area contributed by atoms with Gasteiger partial charge in [-0.1, -0.05) is 38.1 Å². The number of nitrogens with one attached hydrogen (secondary N) is 1. The van der Waals surface area contributed by atoms with Crippen molar-refractivity contribution in [2.45, 2.75) is 59.2 Å². The third kappa shape index (κ3) is 6.74. The van der Waals surface area contributed by atoms with E-state index >= 15 is 0 Å². The van der Waals surface area contributed by atoms with E-state index in [9.17, 15) is 0 Å². The molecule has 2 heteroatoms. The summed E-state index contributed by atoms with van der Waals surface area (Å²) in [6.07, 6.45) is 3.33. The molecule has 1 aromatic rings. The third-order valence-electron chi connectivity index (χ3n) is 3.52. The number of rotatable bonds is 9. The van der Waals surface area contributed by atoms with Crippen LogP contribution in [-0.2, 0) is 17.8 Å². The molecule has 19 heavy (non-hydrogen) atoms. The molecule has 1 rings (SSSR count). The van der Waals surface area contributed by atoms with Gasteiger partial charge in [0.1, 0.15) is 0 Å². The molecule has 0 aliphatic heterocycles. The standard InChI is InChI=1S/C17H29NO/c1-5-12-18-13-11-15-7-9-16(10-8-15)14-19-17(3,4)6-2/h7-10,18H,5-6,11-14H2,1-4H3. The van der Waals surface area contributed by atoms with Crippen LogP contribution in [0.2, 0.25) is 0 Å². The molecule has 0 atom stereocenters. The quantitative estimate of drug-likeness (QED) is 0.682. The van der Waals surface area contributed by atoms with Crippen molar-refractivity contribution in [2.24, 2.45) is 0 Å². The van der Waals surface area contributed by atoms with Crippen LogP contribution in [0.1, 0.15) is 51.7 Å². The second kappa shape index (κ2) is 8.34. The Morgan fingerprint density at radius 2 is 1.63 bits per heavy atom. The number of hydrogen-bond donors (Lipinski definition) is 1. The highest BCUT2D eigenvalue weighted by molar-refractivity contribution is 5.22. The number of hydrogen-bond acceptors (Lipinski definition) is 2. The van der Waals surface area contributed by atoms with Gasteiger partial charge in [0.15, 0.2) is 0 Å². The lowest BCUT2D eigenvalue weighted by molar-refractivity contribution is -0.0316. The Kier molecular flexibility index (Phi) is 7.11. The molecule has 0 radical (unpaired) electrons. The van der Waals surface area contributed by atoms with Crippen LogP contribution < -0.4 is 5.32 Å². The fraction of sp³-hybridized carbons (Fsp3) is 0.647. The van der Waals surface area contributed by atoms with Crippen LogP contribution >= 0.6 is 0 Å². The van der Waals surface area contributed by atoms with Crippen LogP contribution in [0.25, 0.3) is 0 Å². The van der Waals surface area contributed by atoms with Crippen molar-refractivity contribution in [1.29, 1.82) is 0 Å². The van der Waals surface area contributed by atoms with Gasteiger partial charge in [-0.15, -0.1) is 0 Å². The van der Waals surface area contributed by atoms with Crippen LogP contribution in [0.5, 0.6) is 0 Å². The molecule has 0 unspecified atom stereocenters. The SMILES string of the molecule is CCCNCCc1ccc(COC(C)(C)CC)cc1. The molecule has 2 nitrogen and oxygen atoms in total. The van der Waals surface area contributed by atoms with Gasteiger partial charge in [-0.25, -0.2) is 0 Å². The summed E-state index contributed by atoms with van der Waals surface area (Å²) in [5.74, 6) is 0. The van der Waals surface area contributed by atoms with E-state index < -0.39 is 0 Å². The summed E-state index contributed by atoms with van der Waals surface area (Å²) in [6, 6.07) is 8.79. The maximum absolute atomic E-state index is 5.91. The first-order chi connectivity index (χ1) is 9.07.